The summed E-state index contributed by atoms with van der Waals surface area (Å²) >= 11 is 0. The molecule has 0 aliphatic carbocycles. The van der Waals surface area contributed by atoms with E-state index in [1.807, 2.05) is 27.7 Å². The van der Waals surface area contributed by atoms with Gasteiger partial charge in [0.2, 0.25) is 5.91 Å². The second kappa shape index (κ2) is 6.65. The largest absolute Gasteiger partial charge is 0.492 e. The molecule has 1 fully saturated rings. The Morgan fingerprint density at radius 1 is 1.17 bits per heavy atom. The van der Waals surface area contributed by atoms with Gasteiger partial charge in [-0.05, 0) is 50.9 Å². The van der Waals surface area contributed by atoms with Crippen molar-refractivity contribution in [3.05, 3.63) is 40.9 Å². The Balaban J connectivity index is 2.33. The quantitative estimate of drug-likeness (QED) is 0.859. The van der Waals surface area contributed by atoms with Crippen molar-refractivity contribution in [2.75, 3.05) is 6.54 Å². The van der Waals surface area contributed by atoms with E-state index in [0.29, 0.717) is 11.0 Å². The average molecular weight is 337 g/mol. The monoisotopic (exact) mass is 337 g/mol. The van der Waals surface area contributed by atoms with Crippen LogP contribution in [0.15, 0.2) is 23.7 Å². The van der Waals surface area contributed by atoms with Gasteiger partial charge in [-0.15, -0.1) is 0 Å². The molecule has 1 N–H and O–H groups in total. The van der Waals surface area contributed by atoms with Crippen molar-refractivity contribution >= 4 is 19.1 Å². The van der Waals surface area contributed by atoms with Gasteiger partial charge in [-0.3, -0.25) is 4.79 Å². The van der Waals surface area contributed by atoms with Crippen molar-refractivity contribution in [1.82, 2.24) is 5.32 Å². The third kappa shape index (κ3) is 4.02. The Labute approximate surface area is 141 Å². The SMILES string of the molecule is CC(=O)NCC(=Cc1ccc(F)c(F)c1)B1OC(C)(C)C(C)(C)O1. The molecule has 1 aliphatic heterocycles. The molecule has 1 saturated heterocycles. The zero-order chi connectivity index (χ0) is 18.1. The molecule has 0 bridgehead atoms. The van der Waals surface area contributed by atoms with Crippen LogP contribution in [0.1, 0.15) is 40.2 Å². The van der Waals surface area contributed by atoms with E-state index in [1.54, 1.807) is 6.08 Å². The highest BCUT2D eigenvalue weighted by atomic mass is 19.2. The van der Waals surface area contributed by atoms with Gasteiger partial charge in [-0.2, -0.15) is 0 Å². The average Bonchev–Trinajstić information content (AvgIpc) is 2.67. The first-order chi connectivity index (χ1) is 11.0. The Morgan fingerprint density at radius 3 is 2.25 bits per heavy atom. The van der Waals surface area contributed by atoms with Crippen LogP contribution < -0.4 is 5.32 Å². The smallest absolute Gasteiger partial charge is 0.400 e. The third-order valence-corrected chi connectivity index (χ3v) is 4.39. The van der Waals surface area contributed by atoms with Gasteiger partial charge in [0.25, 0.3) is 0 Å². The second-order valence-electron chi connectivity index (χ2n) is 6.89. The lowest BCUT2D eigenvalue weighted by Gasteiger charge is -2.32. The van der Waals surface area contributed by atoms with E-state index in [0.717, 1.165) is 12.1 Å². The highest BCUT2D eigenvalue weighted by molar-refractivity contribution is 6.56. The highest BCUT2D eigenvalue weighted by Gasteiger charge is 2.52. The van der Waals surface area contributed by atoms with Crippen LogP contribution in [0, 0.1) is 11.6 Å². The standard InChI is InChI=1S/C17H22BF2NO3/c1-11(22)21-10-13(8-12-6-7-14(19)15(20)9-12)18-23-16(2,3)17(4,5)24-18/h6-9H,10H2,1-5H3,(H,21,22). The summed E-state index contributed by atoms with van der Waals surface area (Å²) in [5.74, 6) is -2.05. The molecular weight excluding hydrogens is 315 g/mol. The minimum absolute atomic E-state index is 0.186. The number of hydrogen-bond donors (Lipinski definition) is 1. The number of rotatable bonds is 4. The minimum atomic E-state index is -0.934. The number of halogens is 2. The number of hydrogen-bond acceptors (Lipinski definition) is 3. The lowest BCUT2D eigenvalue weighted by molar-refractivity contribution is -0.118. The van der Waals surface area contributed by atoms with Gasteiger partial charge in [0.05, 0.1) is 11.2 Å². The predicted octanol–water partition coefficient (Wildman–Crippen LogP) is 3.12. The minimum Gasteiger partial charge on any atom is -0.400 e. The van der Waals surface area contributed by atoms with Gasteiger partial charge in [0.15, 0.2) is 11.6 Å². The summed E-state index contributed by atoms with van der Waals surface area (Å²) in [7, 11) is -0.685. The number of benzene rings is 1. The van der Waals surface area contributed by atoms with E-state index in [-0.39, 0.29) is 12.5 Å². The van der Waals surface area contributed by atoms with Gasteiger partial charge in [0.1, 0.15) is 0 Å². The molecule has 2 rings (SSSR count). The molecule has 7 heteroatoms. The fraction of sp³-hybridized carbons (Fsp3) is 0.471. The molecule has 1 aromatic rings. The lowest BCUT2D eigenvalue weighted by Crippen LogP contribution is -2.41. The van der Waals surface area contributed by atoms with Crippen LogP contribution in [-0.4, -0.2) is 30.8 Å². The summed E-state index contributed by atoms with van der Waals surface area (Å²) in [5, 5.41) is 2.69. The molecule has 1 aromatic carbocycles. The number of carbonyl (C=O) groups is 1. The summed E-state index contributed by atoms with van der Waals surface area (Å²) < 4.78 is 38.5. The Morgan fingerprint density at radius 2 is 1.75 bits per heavy atom. The molecule has 0 atom stereocenters. The molecule has 1 aliphatic rings. The summed E-state index contributed by atoms with van der Waals surface area (Å²) in [5.41, 5.74) is 0.000946. The van der Waals surface area contributed by atoms with Crippen LogP contribution in [0.2, 0.25) is 0 Å². The van der Waals surface area contributed by atoms with E-state index in [1.165, 1.54) is 13.0 Å². The van der Waals surface area contributed by atoms with E-state index in [9.17, 15) is 13.6 Å². The molecule has 24 heavy (non-hydrogen) atoms. The van der Waals surface area contributed by atoms with Crippen molar-refractivity contribution in [1.29, 1.82) is 0 Å². The Kier molecular flexibility index (Phi) is 5.15. The van der Waals surface area contributed by atoms with Crippen LogP contribution in [0.5, 0.6) is 0 Å². The maximum atomic E-state index is 13.4. The Hall–Kier alpha value is -1.73. The summed E-state index contributed by atoms with van der Waals surface area (Å²) in [6.45, 7) is 9.26. The third-order valence-electron chi connectivity index (χ3n) is 4.39. The molecular formula is C17H22BF2NO3. The first-order valence-electron chi connectivity index (χ1n) is 7.77. The van der Waals surface area contributed by atoms with Crippen LogP contribution >= 0.6 is 0 Å². The number of carbonyl (C=O) groups excluding carboxylic acids is 1. The van der Waals surface area contributed by atoms with E-state index in [4.69, 9.17) is 9.31 Å². The molecule has 1 heterocycles. The van der Waals surface area contributed by atoms with Crippen LogP contribution in [0.25, 0.3) is 6.08 Å². The zero-order valence-electron chi connectivity index (χ0n) is 14.6. The second-order valence-corrected chi connectivity index (χ2v) is 6.89. The zero-order valence-corrected chi connectivity index (χ0v) is 14.6. The van der Waals surface area contributed by atoms with Crippen LogP contribution in [0.3, 0.4) is 0 Å². The fourth-order valence-electron chi connectivity index (χ4n) is 2.24. The van der Waals surface area contributed by atoms with Crippen LogP contribution in [-0.2, 0) is 14.1 Å². The highest BCUT2D eigenvalue weighted by Crippen LogP contribution is 2.38. The Bertz CT molecular complexity index is 658. The van der Waals surface area contributed by atoms with Gasteiger partial charge >= 0.3 is 7.12 Å². The lowest BCUT2D eigenvalue weighted by atomic mass is 9.77. The van der Waals surface area contributed by atoms with Gasteiger partial charge in [-0.25, -0.2) is 8.78 Å². The summed E-state index contributed by atoms with van der Waals surface area (Å²) in [6.07, 6.45) is 1.64. The molecule has 0 aromatic heterocycles. The maximum Gasteiger partial charge on any atom is 0.492 e. The van der Waals surface area contributed by atoms with Crippen LogP contribution in [0.4, 0.5) is 8.78 Å². The normalized spacial score (nSPS) is 19.5. The van der Waals surface area contributed by atoms with Gasteiger partial charge in [0, 0.05) is 13.5 Å². The summed E-state index contributed by atoms with van der Waals surface area (Å²) in [6, 6.07) is 3.60. The molecule has 130 valence electrons. The maximum absolute atomic E-state index is 13.4. The molecule has 0 saturated carbocycles. The summed E-state index contributed by atoms with van der Waals surface area (Å²) in [4.78, 5) is 11.2. The van der Waals surface area contributed by atoms with E-state index < -0.39 is 30.0 Å². The number of amides is 1. The first-order valence-corrected chi connectivity index (χ1v) is 7.77. The van der Waals surface area contributed by atoms with E-state index in [2.05, 4.69) is 5.32 Å². The van der Waals surface area contributed by atoms with Crippen molar-refractivity contribution in [3.63, 3.8) is 0 Å². The molecule has 0 spiro atoms. The number of nitrogens with one attached hydrogen (secondary N) is 1. The van der Waals surface area contributed by atoms with Gasteiger partial charge < -0.3 is 14.6 Å². The van der Waals surface area contributed by atoms with E-state index >= 15 is 0 Å². The first kappa shape index (κ1) is 18.6. The van der Waals surface area contributed by atoms with Crippen molar-refractivity contribution in [2.45, 2.75) is 45.8 Å². The fourth-order valence-corrected chi connectivity index (χ4v) is 2.24. The molecule has 0 unspecified atom stereocenters. The van der Waals surface area contributed by atoms with Crippen molar-refractivity contribution in [3.8, 4) is 0 Å². The molecule has 4 nitrogen and oxygen atoms in total. The predicted molar refractivity (Wildman–Crippen MR) is 89.1 cm³/mol. The van der Waals surface area contributed by atoms with Crippen molar-refractivity contribution < 1.29 is 22.9 Å². The topological polar surface area (TPSA) is 47.6 Å². The molecule has 0 radical (unpaired) electrons. The van der Waals surface area contributed by atoms with Crippen molar-refractivity contribution in [2.24, 2.45) is 0 Å². The molecule has 1 amide bonds. The van der Waals surface area contributed by atoms with Gasteiger partial charge in [-0.1, -0.05) is 12.1 Å².